The number of amides is 1. The van der Waals surface area contributed by atoms with Crippen LogP contribution in [0.5, 0.6) is 11.5 Å². The van der Waals surface area contributed by atoms with Crippen molar-refractivity contribution < 1.29 is 14.3 Å². The monoisotopic (exact) mass is 513 g/mol. The first-order valence-corrected chi connectivity index (χ1v) is 13.8. The zero-order valence-corrected chi connectivity index (χ0v) is 23.1. The highest BCUT2D eigenvalue weighted by molar-refractivity contribution is 7.81. The van der Waals surface area contributed by atoms with E-state index >= 15 is 0 Å². The van der Waals surface area contributed by atoms with Gasteiger partial charge in [0.2, 0.25) is 5.91 Å². The van der Waals surface area contributed by atoms with E-state index in [1.807, 2.05) is 67.3 Å². The van der Waals surface area contributed by atoms with Gasteiger partial charge < -0.3 is 25.0 Å². The molecule has 1 amide bonds. The van der Waals surface area contributed by atoms with Crippen LogP contribution in [-0.4, -0.2) is 54.4 Å². The Balaban J connectivity index is 1.88. The third kappa shape index (κ3) is 7.89. The van der Waals surface area contributed by atoms with Gasteiger partial charge in [0, 0.05) is 48.6 Å². The number of carbonyl (C=O) groups excluding carboxylic acids is 1. The van der Waals surface area contributed by atoms with Crippen LogP contribution in [0.3, 0.4) is 0 Å². The first-order valence-electron chi connectivity index (χ1n) is 13.3. The molecule has 6 nitrogen and oxygen atoms in total. The van der Waals surface area contributed by atoms with E-state index in [-0.39, 0.29) is 17.9 Å². The predicted octanol–water partition coefficient (Wildman–Crippen LogP) is 4.68. The molecule has 1 aliphatic rings. The van der Waals surface area contributed by atoms with E-state index < -0.39 is 0 Å². The van der Waals surface area contributed by atoms with E-state index in [0.29, 0.717) is 37.6 Å². The highest BCUT2D eigenvalue weighted by Gasteiger charge is 2.31. The number of nitrogens with zero attached hydrogens (tertiary/aromatic N) is 1. The van der Waals surface area contributed by atoms with Gasteiger partial charge in [0.1, 0.15) is 11.5 Å². The van der Waals surface area contributed by atoms with Gasteiger partial charge in [0.25, 0.3) is 0 Å². The van der Waals surface area contributed by atoms with E-state index in [9.17, 15) is 4.79 Å². The summed E-state index contributed by atoms with van der Waals surface area (Å²) in [5, 5.41) is 7.50. The highest BCUT2D eigenvalue weighted by Crippen LogP contribution is 2.26. The molecule has 2 aromatic carbocycles. The number of hydrogen-bond donors (Lipinski definition) is 3. The molecule has 0 unspecified atom stereocenters. The van der Waals surface area contributed by atoms with Crippen LogP contribution in [0.25, 0.3) is 0 Å². The molecular formula is C29H43N3O3S. The Kier molecular flexibility index (Phi) is 11.4. The van der Waals surface area contributed by atoms with Crippen molar-refractivity contribution in [2.75, 3.05) is 26.3 Å². The second-order valence-electron chi connectivity index (χ2n) is 9.54. The first kappa shape index (κ1) is 28.4. The molecule has 4 atom stereocenters. The van der Waals surface area contributed by atoms with Crippen molar-refractivity contribution in [1.29, 1.82) is 0 Å². The topological polar surface area (TPSA) is 62.8 Å². The molecule has 1 aliphatic heterocycles. The van der Waals surface area contributed by atoms with Gasteiger partial charge in [-0.25, -0.2) is 0 Å². The van der Waals surface area contributed by atoms with E-state index in [4.69, 9.17) is 9.47 Å². The van der Waals surface area contributed by atoms with Gasteiger partial charge in [0.15, 0.2) is 0 Å². The van der Waals surface area contributed by atoms with E-state index in [0.717, 1.165) is 48.6 Å². The normalized spacial score (nSPS) is 19.0. The fourth-order valence-electron chi connectivity index (χ4n) is 4.67. The molecule has 0 radical (unpaired) electrons. The number of thiol groups is 1. The Morgan fingerprint density at radius 1 is 1.03 bits per heavy atom. The van der Waals surface area contributed by atoms with Crippen molar-refractivity contribution in [2.45, 2.75) is 71.0 Å². The Morgan fingerprint density at radius 2 is 1.58 bits per heavy atom. The van der Waals surface area contributed by atoms with Crippen LogP contribution in [-0.2, 0) is 17.9 Å². The van der Waals surface area contributed by atoms with E-state index in [1.54, 1.807) is 0 Å². The Morgan fingerprint density at radius 3 is 2.06 bits per heavy atom. The van der Waals surface area contributed by atoms with Crippen LogP contribution in [0.1, 0.15) is 51.7 Å². The summed E-state index contributed by atoms with van der Waals surface area (Å²) >= 11 is 4.60. The number of benzene rings is 2. The Labute approximate surface area is 222 Å². The zero-order chi connectivity index (χ0) is 25.9. The van der Waals surface area contributed by atoms with Crippen molar-refractivity contribution in [1.82, 2.24) is 15.5 Å². The summed E-state index contributed by atoms with van der Waals surface area (Å²) in [5.41, 5.74) is 2.00. The minimum absolute atomic E-state index is 0.0994. The maximum absolute atomic E-state index is 14.2. The lowest BCUT2D eigenvalue weighted by Crippen LogP contribution is -2.52. The van der Waals surface area contributed by atoms with Crippen molar-refractivity contribution in [3.8, 4) is 11.5 Å². The van der Waals surface area contributed by atoms with Crippen LogP contribution in [0, 0.1) is 5.92 Å². The molecular weight excluding hydrogens is 470 g/mol. The van der Waals surface area contributed by atoms with Crippen LogP contribution < -0.4 is 20.1 Å². The molecule has 1 saturated heterocycles. The van der Waals surface area contributed by atoms with Gasteiger partial charge in [0.05, 0.1) is 19.3 Å². The van der Waals surface area contributed by atoms with Crippen LogP contribution in [0.4, 0.5) is 0 Å². The average molecular weight is 514 g/mol. The molecule has 1 fully saturated rings. The van der Waals surface area contributed by atoms with Gasteiger partial charge in [-0.1, -0.05) is 56.7 Å². The quantitative estimate of drug-likeness (QED) is 0.320. The maximum Gasteiger partial charge on any atom is 0.240 e. The summed E-state index contributed by atoms with van der Waals surface area (Å²) in [6.07, 6.45) is 1.92. The lowest BCUT2D eigenvalue weighted by atomic mass is 9.96. The molecule has 2 aromatic rings. The van der Waals surface area contributed by atoms with Gasteiger partial charge in [-0.2, -0.15) is 12.6 Å². The number of para-hydroxylation sites is 2. The summed E-state index contributed by atoms with van der Waals surface area (Å²) in [4.78, 5) is 16.2. The molecule has 0 saturated carbocycles. The largest absolute Gasteiger partial charge is 0.494 e. The molecule has 36 heavy (non-hydrogen) atoms. The van der Waals surface area contributed by atoms with Gasteiger partial charge in [-0.15, -0.1) is 0 Å². The van der Waals surface area contributed by atoms with E-state index in [1.165, 1.54) is 0 Å². The van der Waals surface area contributed by atoms with Crippen molar-refractivity contribution in [3.05, 3.63) is 59.7 Å². The molecule has 3 rings (SSSR count). The predicted molar refractivity (Wildman–Crippen MR) is 150 cm³/mol. The Bertz CT molecular complexity index is 905. The van der Waals surface area contributed by atoms with Crippen LogP contribution >= 0.6 is 12.6 Å². The number of rotatable bonds is 14. The lowest BCUT2D eigenvalue weighted by molar-refractivity contribution is -0.136. The maximum atomic E-state index is 14.2. The SMILES string of the molecule is CCOc1ccccc1CN(Cc1ccccc1OCC)C(=O)[C@@H](NC[C@H]1C[C@@H](S)CN1)[C@@H](C)CC. The fraction of sp³-hybridized carbons (Fsp3) is 0.552. The standard InChI is InChI=1S/C29H43N3O3S/c1-5-21(4)28(31-17-24-16-25(36)18-30-24)29(33)32(19-22-12-8-10-14-26(22)34-6-2)20-23-13-9-11-15-27(23)35-7-3/h8-15,21,24-25,28,30-31,36H,5-7,16-20H2,1-4H3/t21-,24+,25+,28-/m0/s1. The minimum Gasteiger partial charge on any atom is -0.494 e. The average Bonchev–Trinajstić information content (AvgIpc) is 3.30. The van der Waals surface area contributed by atoms with E-state index in [2.05, 4.69) is 37.1 Å². The molecule has 0 bridgehead atoms. The number of carbonyl (C=O) groups is 1. The summed E-state index contributed by atoms with van der Waals surface area (Å²) < 4.78 is 11.8. The fourth-order valence-corrected chi connectivity index (χ4v) is 5.03. The molecule has 1 heterocycles. The summed E-state index contributed by atoms with van der Waals surface area (Å²) in [7, 11) is 0. The molecule has 0 spiro atoms. The number of nitrogens with one attached hydrogen (secondary N) is 2. The smallest absolute Gasteiger partial charge is 0.240 e. The summed E-state index contributed by atoms with van der Waals surface area (Å²) in [6.45, 7) is 12.0. The number of hydrogen-bond acceptors (Lipinski definition) is 6. The first-order chi connectivity index (χ1) is 17.5. The zero-order valence-electron chi connectivity index (χ0n) is 22.2. The molecule has 0 aliphatic carbocycles. The summed E-state index contributed by atoms with van der Waals surface area (Å²) in [6, 6.07) is 16.0. The lowest BCUT2D eigenvalue weighted by Gasteiger charge is -2.32. The second kappa shape index (κ2) is 14.5. The third-order valence-corrected chi connectivity index (χ3v) is 7.23. The molecule has 2 N–H and O–H groups in total. The molecule has 7 heteroatoms. The van der Waals surface area contributed by atoms with Crippen LogP contribution in [0.2, 0.25) is 0 Å². The third-order valence-electron chi connectivity index (χ3n) is 6.84. The molecule has 0 aromatic heterocycles. The van der Waals surface area contributed by atoms with Gasteiger partial charge in [-0.3, -0.25) is 4.79 Å². The van der Waals surface area contributed by atoms with Crippen molar-refractivity contribution in [2.24, 2.45) is 5.92 Å². The van der Waals surface area contributed by atoms with Gasteiger partial charge >= 0.3 is 0 Å². The highest BCUT2D eigenvalue weighted by atomic mass is 32.1. The number of ether oxygens (including phenoxy) is 2. The van der Waals surface area contributed by atoms with Gasteiger partial charge in [-0.05, 0) is 38.3 Å². The minimum atomic E-state index is -0.283. The molecule has 198 valence electrons. The van der Waals surface area contributed by atoms with Crippen LogP contribution in [0.15, 0.2) is 48.5 Å². The second-order valence-corrected chi connectivity index (χ2v) is 10.3. The summed E-state index contributed by atoms with van der Waals surface area (Å²) in [5.74, 6) is 1.93. The van der Waals surface area contributed by atoms with Crippen molar-refractivity contribution in [3.63, 3.8) is 0 Å². The Hall–Kier alpha value is -2.22. The van der Waals surface area contributed by atoms with Crippen molar-refractivity contribution >= 4 is 18.5 Å².